The number of ether oxygens (including phenoxy) is 2. The summed E-state index contributed by atoms with van der Waals surface area (Å²) in [6.07, 6.45) is 0.580. The Morgan fingerprint density at radius 1 is 1.44 bits per heavy atom. The van der Waals surface area contributed by atoms with Crippen LogP contribution in [-0.4, -0.2) is 35.9 Å². The average molecular weight is 251 g/mol. The van der Waals surface area contributed by atoms with Crippen molar-refractivity contribution in [2.75, 3.05) is 13.8 Å². The maximum absolute atomic E-state index is 11.1. The molecule has 1 aliphatic rings. The van der Waals surface area contributed by atoms with Gasteiger partial charge in [-0.3, -0.25) is 9.69 Å². The van der Waals surface area contributed by atoms with E-state index in [1.54, 1.807) is 0 Å². The molecule has 5 heteroatoms. The van der Waals surface area contributed by atoms with Gasteiger partial charge in [0.05, 0.1) is 0 Å². The molecule has 0 aliphatic carbocycles. The number of fused-ring (bicyclic) bond motifs is 1. The minimum atomic E-state index is -0.791. The highest BCUT2D eigenvalue weighted by Gasteiger charge is 2.21. The van der Waals surface area contributed by atoms with Gasteiger partial charge in [0.2, 0.25) is 6.79 Å². The molecule has 1 heterocycles. The molecule has 0 unspecified atom stereocenters. The highest BCUT2D eigenvalue weighted by atomic mass is 16.7. The Morgan fingerprint density at radius 2 is 2.17 bits per heavy atom. The number of carbonyl (C=O) groups is 1. The maximum Gasteiger partial charge on any atom is 0.320 e. The predicted molar refractivity (Wildman–Crippen MR) is 65.7 cm³/mol. The number of nitrogens with zero attached hydrogens (tertiary/aromatic N) is 1. The minimum Gasteiger partial charge on any atom is -0.480 e. The van der Waals surface area contributed by atoms with Crippen molar-refractivity contribution < 1.29 is 19.4 Å². The van der Waals surface area contributed by atoms with Gasteiger partial charge >= 0.3 is 5.97 Å². The second kappa shape index (κ2) is 5.27. The van der Waals surface area contributed by atoms with Crippen molar-refractivity contribution in [3.8, 4) is 11.5 Å². The molecule has 0 aromatic heterocycles. The molecule has 1 aromatic carbocycles. The van der Waals surface area contributed by atoms with Crippen molar-refractivity contribution in [2.24, 2.45) is 0 Å². The third kappa shape index (κ3) is 2.56. The summed E-state index contributed by atoms with van der Waals surface area (Å²) in [6.45, 7) is 2.69. The lowest BCUT2D eigenvalue weighted by molar-refractivity contribution is -0.143. The Morgan fingerprint density at radius 3 is 2.83 bits per heavy atom. The van der Waals surface area contributed by atoms with Gasteiger partial charge in [0.1, 0.15) is 6.04 Å². The average Bonchev–Trinajstić information content (AvgIpc) is 2.76. The Balaban J connectivity index is 2.07. The van der Waals surface area contributed by atoms with Crippen molar-refractivity contribution in [1.29, 1.82) is 0 Å². The van der Waals surface area contributed by atoms with E-state index >= 15 is 0 Å². The lowest BCUT2D eigenvalue weighted by atomic mass is 10.1. The zero-order chi connectivity index (χ0) is 13.1. The van der Waals surface area contributed by atoms with Gasteiger partial charge in [-0.15, -0.1) is 0 Å². The molecule has 0 radical (unpaired) electrons. The Labute approximate surface area is 106 Å². The fourth-order valence-corrected chi connectivity index (χ4v) is 2.11. The molecule has 98 valence electrons. The molecular weight excluding hydrogens is 234 g/mol. The molecule has 1 N–H and O–H groups in total. The summed E-state index contributed by atoms with van der Waals surface area (Å²) >= 11 is 0. The van der Waals surface area contributed by atoms with Crippen LogP contribution in [0.1, 0.15) is 18.9 Å². The summed E-state index contributed by atoms with van der Waals surface area (Å²) in [5, 5.41) is 9.09. The maximum atomic E-state index is 11.1. The lowest BCUT2D eigenvalue weighted by Gasteiger charge is -2.23. The van der Waals surface area contributed by atoms with Gasteiger partial charge in [-0.25, -0.2) is 0 Å². The van der Waals surface area contributed by atoms with Crippen molar-refractivity contribution in [3.63, 3.8) is 0 Å². The molecule has 2 rings (SSSR count). The van der Waals surface area contributed by atoms with E-state index in [0.29, 0.717) is 13.0 Å². The van der Waals surface area contributed by atoms with Crippen molar-refractivity contribution in [1.82, 2.24) is 4.90 Å². The molecule has 18 heavy (non-hydrogen) atoms. The molecule has 0 saturated heterocycles. The number of benzene rings is 1. The van der Waals surface area contributed by atoms with Crippen LogP contribution in [0, 0.1) is 0 Å². The number of hydrogen-bond donors (Lipinski definition) is 1. The minimum absolute atomic E-state index is 0.251. The Kier molecular flexibility index (Phi) is 3.72. The number of carboxylic acids is 1. The standard InChI is InChI=1S/C13H17NO4/c1-3-10(13(15)16)14(2)7-9-4-5-11-12(6-9)18-8-17-11/h4-6,10H,3,7-8H2,1-2H3,(H,15,16)/t10-/m1/s1. The zero-order valence-electron chi connectivity index (χ0n) is 10.5. The summed E-state index contributed by atoms with van der Waals surface area (Å²) in [6, 6.07) is 5.22. The van der Waals surface area contributed by atoms with Gasteiger partial charge in [0.15, 0.2) is 11.5 Å². The van der Waals surface area contributed by atoms with E-state index in [1.807, 2.05) is 37.1 Å². The number of hydrogen-bond acceptors (Lipinski definition) is 4. The first-order valence-corrected chi connectivity index (χ1v) is 5.93. The molecule has 0 amide bonds. The van der Waals surface area contributed by atoms with Crippen molar-refractivity contribution in [2.45, 2.75) is 25.9 Å². The number of likely N-dealkylation sites (N-methyl/N-ethyl adjacent to an activating group) is 1. The van der Waals surface area contributed by atoms with Crippen LogP contribution < -0.4 is 9.47 Å². The van der Waals surface area contributed by atoms with Crippen LogP contribution in [0.25, 0.3) is 0 Å². The smallest absolute Gasteiger partial charge is 0.320 e. The van der Waals surface area contributed by atoms with Gasteiger partial charge in [-0.05, 0) is 31.2 Å². The van der Waals surface area contributed by atoms with Gasteiger partial charge < -0.3 is 14.6 Å². The zero-order valence-corrected chi connectivity index (χ0v) is 10.5. The molecule has 0 bridgehead atoms. The van der Waals surface area contributed by atoms with Crippen molar-refractivity contribution >= 4 is 5.97 Å². The van der Waals surface area contributed by atoms with E-state index in [0.717, 1.165) is 17.1 Å². The molecule has 1 aromatic rings. The fraction of sp³-hybridized carbons (Fsp3) is 0.462. The van der Waals surface area contributed by atoms with E-state index < -0.39 is 12.0 Å². The fourth-order valence-electron chi connectivity index (χ4n) is 2.11. The highest BCUT2D eigenvalue weighted by molar-refractivity contribution is 5.73. The SMILES string of the molecule is CC[C@H](C(=O)O)N(C)Cc1ccc2c(c1)OCO2. The summed E-state index contributed by atoms with van der Waals surface area (Å²) in [7, 11) is 1.81. The van der Waals surface area contributed by atoms with Crippen LogP contribution >= 0.6 is 0 Å². The monoisotopic (exact) mass is 251 g/mol. The summed E-state index contributed by atoms with van der Waals surface area (Å²) < 4.78 is 10.5. The lowest BCUT2D eigenvalue weighted by Crippen LogP contribution is -2.37. The van der Waals surface area contributed by atoms with Gasteiger partial charge in [-0.2, -0.15) is 0 Å². The van der Waals surface area contributed by atoms with Crippen molar-refractivity contribution in [3.05, 3.63) is 23.8 Å². The van der Waals surface area contributed by atoms with E-state index in [2.05, 4.69) is 0 Å². The third-order valence-corrected chi connectivity index (χ3v) is 3.07. The third-order valence-electron chi connectivity index (χ3n) is 3.07. The number of aliphatic carboxylic acids is 1. The van der Waals surface area contributed by atoms with Crippen LogP contribution in [0.3, 0.4) is 0 Å². The Bertz CT molecular complexity index is 447. The first-order valence-electron chi connectivity index (χ1n) is 5.93. The topological polar surface area (TPSA) is 59.0 Å². The van der Waals surface area contributed by atoms with Crippen LogP contribution in [0.4, 0.5) is 0 Å². The van der Waals surface area contributed by atoms with Crippen LogP contribution in [0.2, 0.25) is 0 Å². The molecule has 5 nitrogen and oxygen atoms in total. The highest BCUT2D eigenvalue weighted by Crippen LogP contribution is 2.32. The predicted octanol–water partition coefficient (Wildman–Crippen LogP) is 1.71. The second-order valence-corrected chi connectivity index (χ2v) is 4.37. The Hall–Kier alpha value is -1.75. The first kappa shape index (κ1) is 12.7. The van der Waals surface area contributed by atoms with Crippen LogP contribution in [0.5, 0.6) is 11.5 Å². The summed E-state index contributed by atoms with van der Waals surface area (Å²) in [4.78, 5) is 12.9. The van der Waals surface area contributed by atoms with E-state index in [4.69, 9.17) is 14.6 Å². The summed E-state index contributed by atoms with van der Waals surface area (Å²) in [5.41, 5.74) is 1.02. The van der Waals surface area contributed by atoms with Gasteiger partial charge in [-0.1, -0.05) is 13.0 Å². The quantitative estimate of drug-likeness (QED) is 0.863. The van der Waals surface area contributed by atoms with Gasteiger partial charge in [0, 0.05) is 6.54 Å². The largest absolute Gasteiger partial charge is 0.480 e. The van der Waals surface area contributed by atoms with E-state index in [9.17, 15) is 4.79 Å². The van der Waals surface area contributed by atoms with E-state index in [1.165, 1.54) is 0 Å². The molecular formula is C13H17NO4. The first-order chi connectivity index (χ1) is 8.61. The molecule has 1 atom stereocenters. The molecule has 0 spiro atoms. The van der Waals surface area contributed by atoms with Crippen LogP contribution in [-0.2, 0) is 11.3 Å². The van der Waals surface area contributed by atoms with E-state index in [-0.39, 0.29) is 6.79 Å². The summed E-state index contributed by atoms with van der Waals surface area (Å²) in [5.74, 6) is 0.677. The second-order valence-electron chi connectivity index (χ2n) is 4.37. The van der Waals surface area contributed by atoms with Gasteiger partial charge in [0.25, 0.3) is 0 Å². The molecule has 0 saturated carbocycles. The van der Waals surface area contributed by atoms with Crippen LogP contribution in [0.15, 0.2) is 18.2 Å². The normalized spacial score (nSPS) is 14.8. The number of carboxylic acid groups (broad SMARTS) is 1. The number of rotatable bonds is 5. The molecule has 0 fully saturated rings. The molecule has 1 aliphatic heterocycles.